The van der Waals surface area contributed by atoms with E-state index in [1.54, 1.807) is 0 Å². The van der Waals surface area contributed by atoms with Gasteiger partial charge in [0.25, 0.3) is 0 Å². The molecule has 2 aliphatic heterocycles. The molecule has 4 nitrogen and oxygen atoms in total. The predicted octanol–water partition coefficient (Wildman–Crippen LogP) is 0.960. The number of nitrogens with zero attached hydrogens (tertiary/aromatic N) is 2. The summed E-state index contributed by atoms with van der Waals surface area (Å²) in [5.41, 5.74) is 0. The number of hydrogen-bond donors (Lipinski definition) is 1. The third kappa shape index (κ3) is 4.11. The van der Waals surface area contributed by atoms with E-state index in [4.69, 9.17) is 0 Å². The largest absolute Gasteiger partial charge is 0.341 e. The molecule has 2 saturated heterocycles. The molecular weight excluding hydrogens is 250 g/mol. The van der Waals surface area contributed by atoms with Gasteiger partial charge in [0.2, 0.25) is 5.91 Å². The van der Waals surface area contributed by atoms with Crippen LogP contribution in [0, 0.1) is 5.92 Å². The molecule has 0 bridgehead atoms. The highest BCUT2D eigenvalue weighted by atomic mass is 35.5. The summed E-state index contributed by atoms with van der Waals surface area (Å²) in [6.45, 7) is 9.97. The van der Waals surface area contributed by atoms with E-state index in [0.717, 1.165) is 32.7 Å². The summed E-state index contributed by atoms with van der Waals surface area (Å²) in [6.07, 6.45) is 2.44. The van der Waals surface area contributed by atoms with Crippen molar-refractivity contribution in [2.24, 2.45) is 5.92 Å². The van der Waals surface area contributed by atoms with Gasteiger partial charge in [-0.2, -0.15) is 0 Å². The third-order valence-corrected chi connectivity index (χ3v) is 3.99. The Morgan fingerprint density at radius 3 is 2.78 bits per heavy atom. The maximum absolute atomic E-state index is 12.2. The fraction of sp³-hybridized carbons (Fsp3) is 0.923. The Labute approximate surface area is 116 Å². The van der Waals surface area contributed by atoms with E-state index >= 15 is 0 Å². The van der Waals surface area contributed by atoms with E-state index in [-0.39, 0.29) is 12.4 Å². The lowest BCUT2D eigenvalue weighted by Crippen LogP contribution is -2.54. The fourth-order valence-electron chi connectivity index (χ4n) is 2.81. The van der Waals surface area contributed by atoms with Gasteiger partial charge in [0.05, 0.1) is 6.54 Å². The number of nitrogens with one attached hydrogen (secondary N) is 1. The van der Waals surface area contributed by atoms with Crippen molar-refractivity contribution >= 4 is 18.3 Å². The average Bonchev–Trinajstić information content (AvgIpc) is 2.32. The Kier molecular flexibility index (Phi) is 6.39. The van der Waals surface area contributed by atoms with Gasteiger partial charge in [-0.15, -0.1) is 12.4 Å². The molecule has 2 fully saturated rings. The molecule has 0 saturated carbocycles. The molecule has 0 aromatic rings. The van der Waals surface area contributed by atoms with Crippen molar-refractivity contribution in [3.63, 3.8) is 0 Å². The molecular formula is C13H26ClN3O. The van der Waals surface area contributed by atoms with Crippen LogP contribution in [-0.4, -0.2) is 61.0 Å². The maximum atomic E-state index is 12.2. The van der Waals surface area contributed by atoms with E-state index in [1.807, 2.05) is 0 Å². The normalized spacial score (nSPS) is 29.8. The van der Waals surface area contributed by atoms with Crippen molar-refractivity contribution in [1.29, 1.82) is 0 Å². The van der Waals surface area contributed by atoms with Crippen LogP contribution >= 0.6 is 12.4 Å². The van der Waals surface area contributed by atoms with Crippen LogP contribution in [-0.2, 0) is 4.79 Å². The minimum Gasteiger partial charge on any atom is -0.341 e. The van der Waals surface area contributed by atoms with Crippen molar-refractivity contribution in [3.05, 3.63) is 0 Å². The van der Waals surface area contributed by atoms with E-state index in [2.05, 4.69) is 29.0 Å². The molecule has 2 heterocycles. The second-order valence-electron chi connectivity index (χ2n) is 5.61. The summed E-state index contributed by atoms with van der Waals surface area (Å²) in [7, 11) is 0. The van der Waals surface area contributed by atoms with Gasteiger partial charge >= 0.3 is 0 Å². The number of piperazine rings is 1. The molecule has 2 rings (SSSR count). The molecule has 1 N–H and O–H groups in total. The van der Waals surface area contributed by atoms with Crippen LogP contribution in [0.4, 0.5) is 0 Å². The number of amides is 1. The van der Waals surface area contributed by atoms with Gasteiger partial charge < -0.3 is 10.2 Å². The number of piperidine rings is 1. The Balaban J connectivity index is 0.00000162. The van der Waals surface area contributed by atoms with Crippen LogP contribution in [0.1, 0.15) is 26.7 Å². The summed E-state index contributed by atoms with van der Waals surface area (Å²) >= 11 is 0. The lowest BCUT2D eigenvalue weighted by atomic mass is 10.0. The summed E-state index contributed by atoms with van der Waals surface area (Å²) in [6, 6.07) is 0.481. The molecule has 2 aliphatic rings. The summed E-state index contributed by atoms with van der Waals surface area (Å²) in [5, 5.41) is 3.36. The highest BCUT2D eigenvalue weighted by Crippen LogP contribution is 2.16. The maximum Gasteiger partial charge on any atom is 0.236 e. The van der Waals surface area contributed by atoms with Gasteiger partial charge in [-0.05, 0) is 25.7 Å². The molecule has 2 atom stereocenters. The van der Waals surface area contributed by atoms with Gasteiger partial charge in [0, 0.05) is 38.8 Å². The minimum absolute atomic E-state index is 0. The number of rotatable bonds is 2. The summed E-state index contributed by atoms with van der Waals surface area (Å²) < 4.78 is 0. The van der Waals surface area contributed by atoms with Gasteiger partial charge in [0.15, 0.2) is 0 Å². The first-order valence-corrected chi connectivity index (χ1v) is 6.89. The molecule has 0 spiro atoms. The molecule has 18 heavy (non-hydrogen) atoms. The van der Waals surface area contributed by atoms with E-state index < -0.39 is 0 Å². The van der Waals surface area contributed by atoms with Crippen molar-refractivity contribution in [2.45, 2.75) is 32.7 Å². The number of hydrogen-bond acceptors (Lipinski definition) is 3. The lowest BCUT2D eigenvalue weighted by molar-refractivity contribution is -0.134. The molecule has 2 unspecified atom stereocenters. The number of halogens is 1. The monoisotopic (exact) mass is 275 g/mol. The van der Waals surface area contributed by atoms with Gasteiger partial charge in [-0.25, -0.2) is 0 Å². The Morgan fingerprint density at radius 1 is 1.33 bits per heavy atom. The van der Waals surface area contributed by atoms with Crippen LogP contribution in [0.5, 0.6) is 0 Å². The first kappa shape index (κ1) is 15.7. The molecule has 0 aliphatic carbocycles. The number of likely N-dealkylation sites (tertiary alicyclic amines) is 1. The van der Waals surface area contributed by atoms with Gasteiger partial charge in [-0.3, -0.25) is 9.69 Å². The zero-order valence-electron chi connectivity index (χ0n) is 11.5. The smallest absolute Gasteiger partial charge is 0.236 e. The van der Waals surface area contributed by atoms with Gasteiger partial charge in [-0.1, -0.05) is 6.92 Å². The van der Waals surface area contributed by atoms with Crippen molar-refractivity contribution in [1.82, 2.24) is 15.1 Å². The Morgan fingerprint density at radius 2 is 2.11 bits per heavy atom. The zero-order valence-corrected chi connectivity index (χ0v) is 12.3. The summed E-state index contributed by atoms with van der Waals surface area (Å²) in [5.74, 6) is 0.999. The molecule has 0 aromatic heterocycles. The van der Waals surface area contributed by atoms with Crippen molar-refractivity contribution < 1.29 is 4.79 Å². The highest BCUT2D eigenvalue weighted by Gasteiger charge is 2.25. The van der Waals surface area contributed by atoms with Crippen molar-refractivity contribution in [3.8, 4) is 0 Å². The number of carbonyl (C=O) groups is 1. The molecule has 106 valence electrons. The van der Waals surface area contributed by atoms with Crippen LogP contribution < -0.4 is 5.32 Å². The fourth-order valence-corrected chi connectivity index (χ4v) is 2.81. The number of carbonyl (C=O) groups excluding carboxylic acids is 1. The van der Waals surface area contributed by atoms with Crippen LogP contribution in [0.25, 0.3) is 0 Å². The predicted molar refractivity (Wildman–Crippen MR) is 76.1 cm³/mol. The second-order valence-corrected chi connectivity index (χ2v) is 5.61. The summed E-state index contributed by atoms with van der Waals surface area (Å²) in [4.78, 5) is 16.6. The standard InChI is InChI=1S/C13H25N3O.ClH/c1-11-4-3-6-16(9-11)13(17)10-15-7-5-14-8-12(15)2;/h11-12,14H,3-10H2,1-2H3;1H. The SMILES string of the molecule is CC1CCCN(C(=O)CN2CCNCC2C)C1.Cl. The molecule has 5 heteroatoms. The lowest BCUT2D eigenvalue weighted by Gasteiger charge is -2.36. The second kappa shape index (κ2) is 7.31. The van der Waals surface area contributed by atoms with Crippen LogP contribution in [0.15, 0.2) is 0 Å². The zero-order chi connectivity index (χ0) is 12.3. The van der Waals surface area contributed by atoms with Gasteiger partial charge in [0.1, 0.15) is 0 Å². The van der Waals surface area contributed by atoms with E-state index in [1.165, 1.54) is 12.8 Å². The van der Waals surface area contributed by atoms with E-state index in [9.17, 15) is 4.79 Å². The molecule has 0 aromatic carbocycles. The molecule has 1 amide bonds. The highest BCUT2D eigenvalue weighted by molar-refractivity contribution is 5.85. The minimum atomic E-state index is 0. The molecule has 0 radical (unpaired) electrons. The first-order valence-electron chi connectivity index (χ1n) is 6.89. The third-order valence-electron chi connectivity index (χ3n) is 3.99. The van der Waals surface area contributed by atoms with E-state index in [0.29, 0.717) is 24.4 Å². The Hall–Kier alpha value is -0.320. The van der Waals surface area contributed by atoms with Crippen LogP contribution in [0.3, 0.4) is 0 Å². The van der Waals surface area contributed by atoms with Crippen molar-refractivity contribution in [2.75, 3.05) is 39.3 Å². The quantitative estimate of drug-likeness (QED) is 0.816. The Bertz CT molecular complexity index is 275. The average molecular weight is 276 g/mol. The first-order chi connectivity index (χ1) is 8.16. The topological polar surface area (TPSA) is 35.6 Å². The van der Waals surface area contributed by atoms with Crippen LogP contribution in [0.2, 0.25) is 0 Å².